The molecule has 0 aromatic heterocycles. The first kappa shape index (κ1) is 15.7. The molecule has 0 spiro atoms. The SMILES string of the molecule is CCCNC(c1ccc(Br)cc1)c1cccc(C)c1Br. The van der Waals surface area contributed by atoms with Crippen molar-refractivity contribution in [3.8, 4) is 0 Å². The van der Waals surface area contributed by atoms with E-state index >= 15 is 0 Å². The Morgan fingerprint density at radius 2 is 1.75 bits per heavy atom. The minimum atomic E-state index is 0.220. The largest absolute Gasteiger partial charge is 0.306 e. The Labute approximate surface area is 138 Å². The van der Waals surface area contributed by atoms with Gasteiger partial charge in [0.1, 0.15) is 0 Å². The fourth-order valence-corrected chi connectivity index (χ4v) is 3.00. The van der Waals surface area contributed by atoms with Crippen molar-refractivity contribution in [2.45, 2.75) is 26.3 Å². The molecule has 0 heterocycles. The maximum atomic E-state index is 3.74. The van der Waals surface area contributed by atoms with Crippen LogP contribution in [0.4, 0.5) is 0 Å². The normalized spacial score (nSPS) is 12.4. The van der Waals surface area contributed by atoms with Crippen LogP contribution in [0.1, 0.15) is 36.1 Å². The molecule has 0 fully saturated rings. The van der Waals surface area contributed by atoms with E-state index < -0.39 is 0 Å². The molecule has 0 bridgehead atoms. The van der Waals surface area contributed by atoms with Gasteiger partial charge in [-0.2, -0.15) is 0 Å². The van der Waals surface area contributed by atoms with Gasteiger partial charge < -0.3 is 5.32 Å². The van der Waals surface area contributed by atoms with Crippen molar-refractivity contribution >= 4 is 31.9 Å². The van der Waals surface area contributed by atoms with E-state index in [1.807, 2.05) is 0 Å². The number of nitrogens with one attached hydrogen (secondary N) is 1. The smallest absolute Gasteiger partial charge is 0.0587 e. The molecule has 0 aliphatic rings. The number of hydrogen-bond acceptors (Lipinski definition) is 1. The highest BCUT2D eigenvalue weighted by atomic mass is 79.9. The molecule has 2 aromatic carbocycles. The second-order valence-corrected chi connectivity index (χ2v) is 6.63. The van der Waals surface area contributed by atoms with Gasteiger partial charge in [0.05, 0.1) is 6.04 Å². The average Bonchev–Trinajstić information content (AvgIpc) is 2.45. The number of rotatable bonds is 5. The maximum Gasteiger partial charge on any atom is 0.0587 e. The second kappa shape index (κ2) is 7.39. The van der Waals surface area contributed by atoms with Gasteiger partial charge in [0, 0.05) is 8.95 Å². The van der Waals surface area contributed by atoms with E-state index in [1.165, 1.54) is 21.2 Å². The Morgan fingerprint density at radius 1 is 1.05 bits per heavy atom. The molecule has 0 radical (unpaired) electrons. The lowest BCUT2D eigenvalue weighted by Gasteiger charge is -2.22. The number of halogens is 2. The lowest BCUT2D eigenvalue weighted by Crippen LogP contribution is -2.23. The Balaban J connectivity index is 2.41. The molecule has 0 saturated heterocycles. The summed E-state index contributed by atoms with van der Waals surface area (Å²) in [5.41, 5.74) is 3.84. The van der Waals surface area contributed by atoms with Crippen molar-refractivity contribution in [3.05, 3.63) is 68.1 Å². The highest BCUT2D eigenvalue weighted by Crippen LogP contribution is 2.31. The molecule has 0 aliphatic heterocycles. The highest BCUT2D eigenvalue weighted by Gasteiger charge is 2.16. The van der Waals surface area contributed by atoms with Gasteiger partial charge in [0.2, 0.25) is 0 Å². The predicted octanol–water partition coefficient (Wildman–Crippen LogP) is 5.61. The van der Waals surface area contributed by atoms with Crippen molar-refractivity contribution < 1.29 is 0 Å². The summed E-state index contributed by atoms with van der Waals surface area (Å²) in [6.07, 6.45) is 1.12. The summed E-state index contributed by atoms with van der Waals surface area (Å²) >= 11 is 7.24. The van der Waals surface area contributed by atoms with Crippen molar-refractivity contribution in [2.75, 3.05) is 6.54 Å². The zero-order valence-corrected chi connectivity index (χ0v) is 15.0. The van der Waals surface area contributed by atoms with E-state index in [4.69, 9.17) is 0 Å². The minimum absolute atomic E-state index is 0.220. The van der Waals surface area contributed by atoms with Crippen LogP contribution in [-0.4, -0.2) is 6.54 Å². The third kappa shape index (κ3) is 3.72. The summed E-state index contributed by atoms with van der Waals surface area (Å²) in [6.45, 7) is 5.32. The standard InChI is InChI=1S/C17H19Br2N/c1-3-11-20-17(13-7-9-14(18)10-8-13)15-6-4-5-12(2)16(15)19/h4-10,17,20H,3,11H2,1-2H3. The van der Waals surface area contributed by atoms with Crippen LogP contribution in [0.25, 0.3) is 0 Å². The molecule has 2 aromatic rings. The third-order valence-corrected chi connectivity index (χ3v) is 4.95. The Morgan fingerprint density at radius 3 is 2.40 bits per heavy atom. The molecule has 1 N–H and O–H groups in total. The topological polar surface area (TPSA) is 12.0 Å². The Hall–Kier alpha value is -0.640. The van der Waals surface area contributed by atoms with Crippen LogP contribution in [0.3, 0.4) is 0 Å². The number of benzene rings is 2. The van der Waals surface area contributed by atoms with E-state index in [1.54, 1.807) is 0 Å². The van der Waals surface area contributed by atoms with Crippen LogP contribution < -0.4 is 5.32 Å². The first-order chi connectivity index (χ1) is 9.63. The summed E-state index contributed by atoms with van der Waals surface area (Å²) in [4.78, 5) is 0. The Kier molecular flexibility index (Phi) is 5.82. The van der Waals surface area contributed by atoms with E-state index in [0.717, 1.165) is 17.4 Å². The zero-order chi connectivity index (χ0) is 14.5. The molecular formula is C17H19Br2N. The van der Waals surface area contributed by atoms with Crippen LogP contribution in [0.5, 0.6) is 0 Å². The predicted molar refractivity (Wildman–Crippen MR) is 93.2 cm³/mol. The first-order valence-electron chi connectivity index (χ1n) is 6.87. The van der Waals surface area contributed by atoms with Crippen LogP contribution >= 0.6 is 31.9 Å². The van der Waals surface area contributed by atoms with Crippen molar-refractivity contribution in [1.82, 2.24) is 5.32 Å². The van der Waals surface area contributed by atoms with Gasteiger partial charge in [-0.05, 0) is 48.7 Å². The van der Waals surface area contributed by atoms with E-state index in [-0.39, 0.29) is 6.04 Å². The molecular weight excluding hydrogens is 378 g/mol. The lowest BCUT2D eigenvalue weighted by molar-refractivity contribution is 0.596. The fourth-order valence-electron chi connectivity index (χ4n) is 2.24. The zero-order valence-electron chi connectivity index (χ0n) is 11.8. The molecule has 0 aliphatic carbocycles. The van der Waals surface area contributed by atoms with Gasteiger partial charge in [0.25, 0.3) is 0 Å². The van der Waals surface area contributed by atoms with Crippen molar-refractivity contribution in [2.24, 2.45) is 0 Å². The quantitative estimate of drug-likeness (QED) is 0.692. The van der Waals surface area contributed by atoms with E-state index in [2.05, 4.69) is 93.5 Å². The first-order valence-corrected chi connectivity index (χ1v) is 8.46. The maximum absolute atomic E-state index is 3.74. The molecule has 3 heteroatoms. The molecule has 2 rings (SSSR count). The van der Waals surface area contributed by atoms with Gasteiger partial charge >= 0.3 is 0 Å². The van der Waals surface area contributed by atoms with Crippen LogP contribution in [0.15, 0.2) is 51.4 Å². The van der Waals surface area contributed by atoms with Gasteiger partial charge in [-0.3, -0.25) is 0 Å². The minimum Gasteiger partial charge on any atom is -0.306 e. The molecule has 1 nitrogen and oxygen atoms in total. The Bertz CT molecular complexity index is 564. The summed E-state index contributed by atoms with van der Waals surface area (Å²) in [6, 6.07) is 15.2. The fraction of sp³-hybridized carbons (Fsp3) is 0.294. The van der Waals surface area contributed by atoms with Gasteiger partial charge in [-0.1, -0.05) is 69.1 Å². The molecule has 0 saturated carbocycles. The van der Waals surface area contributed by atoms with Crippen molar-refractivity contribution in [1.29, 1.82) is 0 Å². The van der Waals surface area contributed by atoms with E-state index in [0.29, 0.717) is 0 Å². The highest BCUT2D eigenvalue weighted by molar-refractivity contribution is 9.10. The summed E-state index contributed by atoms with van der Waals surface area (Å²) < 4.78 is 2.30. The number of aryl methyl sites for hydroxylation is 1. The van der Waals surface area contributed by atoms with Gasteiger partial charge in [-0.15, -0.1) is 0 Å². The molecule has 0 amide bonds. The van der Waals surface area contributed by atoms with E-state index in [9.17, 15) is 0 Å². The number of hydrogen-bond donors (Lipinski definition) is 1. The summed E-state index contributed by atoms with van der Waals surface area (Å²) in [5, 5.41) is 3.64. The van der Waals surface area contributed by atoms with Crippen LogP contribution in [0.2, 0.25) is 0 Å². The second-order valence-electron chi connectivity index (χ2n) is 4.92. The van der Waals surface area contributed by atoms with Gasteiger partial charge in [-0.25, -0.2) is 0 Å². The molecule has 106 valence electrons. The average molecular weight is 397 g/mol. The van der Waals surface area contributed by atoms with Crippen LogP contribution in [0, 0.1) is 6.92 Å². The summed E-state index contributed by atoms with van der Waals surface area (Å²) in [5.74, 6) is 0. The molecule has 1 unspecified atom stereocenters. The van der Waals surface area contributed by atoms with Gasteiger partial charge in [0.15, 0.2) is 0 Å². The van der Waals surface area contributed by atoms with Crippen molar-refractivity contribution in [3.63, 3.8) is 0 Å². The summed E-state index contributed by atoms with van der Waals surface area (Å²) in [7, 11) is 0. The molecule has 1 atom stereocenters. The lowest BCUT2D eigenvalue weighted by atomic mass is 9.97. The van der Waals surface area contributed by atoms with Crippen LogP contribution in [-0.2, 0) is 0 Å². The monoisotopic (exact) mass is 395 g/mol. The third-order valence-electron chi connectivity index (χ3n) is 3.33. The molecule has 20 heavy (non-hydrogen) atoms.